The zero-order valence-corrected chi connectivity index (χ0v) is 13.7. The Kier molecular flexibility index (Phi) is 5.11. The number of rotatable bonds is 5. The van der Waals surface area contributed by atoms with Crippen LogP contribution in [0.4, 0.5) is 11.4 Å². The average Bonchev–Trinajstić information content (AvgIpc) is 3.10. The molecule has 0 radical (unpaired) electrons. The molecule has 25 heavy (non-hydrogen) atoms. The van der Waals surface area contributed by atoms with Crippen molar-refractivity contribution in [3.05, 3.63) is 57.2 Å². The summed E-state index contributed by atoms with van der Waals surface area (Å²) in [5.74, 6) is -0.241. The van der Waals surface area contributed by atoms with Gasteiger partial charge in [0.2, 0.25) is 5.88 Å². The van der Waals surface area contributed by atoms with Crippen LogP contribution in [0.1, 0.15) is 16.8 Å². The fraction of sp³-hybridized carbons (Fsp3) is 0.250. The minimum Gasteiger partial charge on any atom is -0.471 e. The number of amides is 1. The summed E-state index contributed by atoms with van der Waals surface area (Å²) >= 11 is 6.12. The van der Waals surface area contributed by atoms with Gasteiger partial charge in [0.05, 0.1) is 23.7 Å². The lowest BCUT2D eigenvalue weighted by molar-refractivity contribution is -0.384. The Labute approximate surface area is 147 Å². The van der Waals surface area contributed by atoms with Gasteiger partial charge in [0.15, 0.2) is 0 Å². The lowest BCUT2D eigenvalue weighted by Crippen LogP contribution is -2.17. The van der Waals surface area contributed by atoms with Gasteiger partial charge in [-0.2, -0.15) is 0 Å². The molecule has 0 bridgehead atoms. The van der Waals surface area contributed by atoms with Crippen LogP contribution in [0.2, 0.25) is 5.02 Å². The quantitative estimate of drug-likeness (QED) is 0.646. The second kappa shape index (κ2) is 7.45. The van der Waals surface area contributed by atoms with Gasteiger partial charge in [-0.05, 0) is 12.1 Å². The van der Waals surface area contributed by atoms with E-state index < -0.39 is 10.8 Å². The number of benzene rings is 1. The second-order valence-corrected chi connectivity index (χ2v) is 5.78. The molecule has 3 rings (SSSR count). The lowest BCUT2D eigenvalue weighted by Gasteiger charge is -2.12. The summed E-state index contributed by atoms with van der Waals surface area (Å²) in [4.78, 5) is 26.6. The Bertz CT molecular complexity index is 808. The van der Waals surface area contributed by atoms with Gasteiger partial charge < -0.3 is 14.8 Å². The number of nitrogens with one attached hydrogen (secondary N) is 1. The van der Waals surface area contributed by atoms with Crippen LogP contribution in [0.25, 0.3) is 0 Å². The van der Waals surface area contributed by atoms with Crippen LogP contribution < -0.4 is 10.1 Å². The molecule has 1 aromatic heterocycles. The molecule has 2 aromatic rings. The molecule has 0 saturated carbocycles. The van der Waals surface area contributed by atoms with E-state index in [2.05, 4.69) is 10.3 Å². The number of hydrogen-bond acceptors (Lipinski definition) is 6. The van der Waals surface area contributed by atoms with Crippen LogP contribution in [-0.2, 0) is 4.74 Å². The van der Waals surface area contributed by atoms with Gasteiger partial charge in [-0.3, -0.25) is 14.9 Å². The summed E-state index contributed by atoms with van der Waals surface area (Å²) in [5.41, 5.74) is 0.404. The highest BCUT2D eigenvalue weighted by Crippen LogP contribution is 2.26. The maximum absolute atomic E-state index is 12.3. The van der Waals surface area contributed by atoms with Crippen molar-refractivity contribution in [2.75, 3.05) is 18.5 Å². The number of aromatic nitrogens is 1. The number of nitrogens with zero attached hydrogens (tertiary/aromatic N) is 2. The van der Waals surface area contributed by atoms with Gasteiger partial charge in [0, 0.05) is 30.4 Å². The first-order valence-electron chi connectivity index (χ1n) is 7.48. The molecule has 1 aliphatic heterocycles. The van der Waals surface area contributed by atoms with E-state index in [0.29, 0.717) is 18.9 Å². The molecule has 1 fully saturated rings. The first kappa shape index (κ1) is 17.1. The van der Waals surface area contributed by atoms with Crippen molar-refractivity contribution >= 4 is 28.9 Å². The predicted octanol–water partition coefficient (Wildman–Crippen LogP) is 3.06. The van der Waals surface area contributed by atoms with Crippen LogP contribution >= 0.6 is 11.6 Å². The number of nitro groups is 1. The summed E-state index contributed by atoms with van der Waals surface area (Å²) in [6.07, 6.45) is 1.99. The Hall–Kier alpha value is -2.71. The smallest absolute Gasteiger partial charge is 0.271 e. The second-order valence-electron chi connectivity index (χ2n) is 5.38. The Morgan fingerprint density at radius 2 is 2.28 bits per heavy atom. The fourth-order valence-corrected chi connectivity index (χ4v) is 2.51. The van der Waals surface area contributed by atoms with Crippen LogP contribution in [0.5, 0.6) is 5.88 Å². The maximum atomic E-state index is 12.3. The van der Waals surface area contributed by atoms with Gasteiger partial charge in [0.25, 0.3) is 11.6 Å². The molecule has 1 amide bonds. The highest BCUT2D eigenvalue weighted by atomic mass is 35.5. The number of halogens is 1. The molecule has 1 saturated heterocycles. The summed E-state index contributed by atoms with van der Waals surface area (Å²) in [7, 11) is 0. The molecule has 0 spiro atoms. The summed E-state index contributed by atoms with van der Waals surface area (Å²) in [5, 5.41) is 13.6. The van der Waals surface area contributed by atoms with Crippen LogP contribution in [0, 0.1) is 10.1 Å². The van der Waals surface area contributed by atoms with E-state index in [4.69, 9.17) is 21.1 Å². The van der Waals surface area contributed by atoms with E-state index in [9.17, 15) is 14.9 Å². The highest BCUT2D eigenvalue weighted by Gasteiger charge is 2.20. The molecule has 8 nitrogen and oxygen atoms in total. The number of non-ortho nitro benzene ring substituents is 1. The van der Waals surface area contributed by atoms with E-state index in [1.807, 2.05) is 0 Å². The standard InChI is InChI=1S/C16H14ClN3O5/c17-14-6-10(8-18-16(14)25-13-4-5-24-9-13)15(21)19-11-2-1-3-12(7-11)20(22)23/h1-3,6-8,13H,4-5,9H2,(H,19,21). The predicted molar refractivity (Wildman–Crippen MR) is 90.1 cm³/mol. The van der Waals surface area contributed by atoms with Gasteiger partial charge in [-0.25, -0.2) is 4.98 Å². The topological polar surface area (TPSA) is 104 Å². The number of ether oxygens (including phenoxy) is 2. The van der Waals surface area contributed by atoms with Crippen molar-refractivity contribution in [3.8, 4) is 5.88 Å². The van der Waals surface area contributed by atoms with Crippen molar-refractivity contribution < 1.29 is 19.2 Å². The number of anilines is 1. The lowest BCUT2D eigenvalue weighted by atomic mass is 10.2. The van der Waals surface area contributed by atoms with E-state index in [1.165, 1.54) is 30.5 Å². The molecule has 0 aliphatic carbocycles. The summed E-state index contributed by atoms with van der Waals surface area (Å²) < 4.78 is 10.8. The van der Waals surface area contributed by atoms with Crippen LogP contribution in [0.3, 0.4) is 0 Å². The van der Waals surface area contributed by atoms with E-state index in [1.54, 1.807) is 6.07 Å². The zero-order chi connectivity index (χ0) is 17.8. The molecule has 1 N–H and O–H groups in total. The minimum absolute atomic E-state index is 0.102. The minimum atomic E-state index is -0.535. The van der Waals surface area contributed by atoms with Crippen LogP contribution in [-0.4, -0.2) is 35.1 Å². The number of carbonyl (C=O) groups is 1. The number of carbonyl (C=O) groups excluding carboxylic acids is 1. The van der Waals surface area contributed by atoms with Gasteiger partial charge >= 0.3 is 0 Å². The van der Waals surface area contributed by atoms with Crippen molar-refractivity contribution in [2.24, 2.45) is 0 Å². The highest BCUT2D eigenvalue weighted by molar-refractivity contribution is 6.32. The van der Waals surface area contributed by atoms with Crippen molar-refractivity contribution in [2.45, 2.75) is 12.5 Å². The van der Waals surface area contributed by atoms with E-state index >= 15 is 0 Å². The Morgan fingerprint density at radius 1 is 1.44 bits per heavy atom. The van der Waals surface area contributed by atoms with Crippen molar-refractivity contribution in [1.82, 2.24) is 4.98 Å². The molecule has 130 valence electrons. The van der Waals surface area contributed by atoms with Gasteiger partial charge in [-0.1, -0.05) is 17.7 Å². The number of pyridine rings is 1. The monoisotopic (exact) mass is 363 g/mol. The van der Waals surface area contributed by atoms with Gasteiger partial charge in [-0.15, -0.1) is 0 Å². The third-order valence-electron chi connectivity index (χ3n) is 3.55. The maximum Gasteiger partial charge on any atom is 0.271 e. The SMILES string of the molecule is O=C(Nc1cccc([N+](=O)[O-])c1)c1cnc(OC2CCOC2)c(Cl)c1. The van der Waals surface area contributed by atoms with Crippen molar-refractivity contribution in [1.29, 1.82) is 0 Å². The number of hydrogen-bond donors (Lipinski definition) is 1. The molecular formula is C16H14ClN3O5. The third-order valence-corrected chi connectivity index (χ3v) is 3.82. The van der Waals surface area contributed by atoms with E-state index in [0.717, 1.165) is 6.42 Å². The Balaban J connectivity index is 1.70. The largest absolute Gasteiger partial charge is 0.471 e. The van der Waals surface area contributed by atoms with Gasteiger partial charge in [0.1, 0.15) is 11.1 Å². The zero-order valence-electron chi connectivity index (χ0n) is 13.0. The first-order chi connectivity index (χ1) is 12.0. The van der Waals surface area contributed by atoms with Crippen molar-refractivity contribution in [3.63, 3.8) is 0 Å². The third kappa shape index (κ3) is 4.23. The normalized spacial score (nSPS) is 16.4. The van der Waals surface area contributed by atoms with E-state index in [-0.39, 0.29) is 28.3 Å². The molecule has 1 unspecified atom stereocenters. The Morgan fingerprint density at radius 3 is 2.96 bits per heavy atom. The summed E-state index contributed by atoms with van der Waals surface area (Å²) in [6.45, 7) is 1.11. The molecule has 1 aromatic carbocycles. The number of nitro benzene ring substituents is 1. The molecular weight excluding hydrogens is 350 g/mol. The summed E-state index contributed by atoms with van der Waals surface area (Å²) in [6, 6.07) is 7.08. The van der Waals surface area contributed by atoms with Crippen LogP contribution in [0.15, 0.2) is 36.5 Å². The fourth-order valence-electron chi connectivity index (χ4n) is 2.30. The first-order valence-corrected chi connectivity index (χ1v) is 7.86. The molecule has 2 heterocycles. The molecule has 1 aliphatic rings. The average molecular weight is 364 g/mol. The molecule has 1 atom stereocenters. The molecule has 9 heteroatoms.